The second-order valence-electron chi connectivity index (χ2n) is 6.79. The van der Waals surface area contributed by atoms with Crippen LogP contribution in [0.15, 0.2) is 28.9 Å². The number of piperazine rings is 1. The van der Waals surface area contributed by atoms with Crippen molar-refractivity contribution in [3.63, 3.8) is 0 Å². The fraction of sp³-hybridized carbons (Fsp3) is 0.474. The molecule has 2 heterocycles. The minimum absolute atomic E-state index is 0.0113. The van der Waals surface area contributed by atoms with Crippen LogP contribution in [-0.2, 0) is 16.1 Å². The average Bonchev–Trinajstić information content (AvgIpc) is 2.98. The van der Waals surface area contributed by atoms with E-state index in [9.17, 15) is 14.7 Å². The Morgan fingerprint density at radius 2 is 1.89 bits per heavy atom. The van der Waals surface area contributed by atoms with Gasteiger partial charge in [-0.3, -0.25) is 14.5 Å². The van der Waals surface area contributed by atoms with Crippen molar-refractivity contribution >= 4 is 38.8 Å². The molecule has 2 N–H and O–H groups in total. The third-order valence-electron chi connectivity index (χ3n) is 5.19. The van der Waals surface area contributed by atoms with Crippen LogP contribution in [0, 0.1) is 0 Å². The third kappa shape index (κ3) is 4.34. The van der Waals surface area contributed by atoms with Crippen LogP contribution in [0.4, 0.5) is 0 Å². The number of likely N-dealkylation sites (N-methyl/N-ethyl adjacent to an activating group) is 1. The van der Waals surface area contributed by atoms with Gasteiger partial charge in [-0.2, -0.15) is 0 Å². The molecule has 3 rings (SSSR count). The molecule has 1 unspecified atom stereocenters. The number of halogens is 1. The van der Waals surface area contributed by atoms with Gasteiger partial charge >= 0.3 is 11.9 Å². The molecule has 146 valence electrons. The molecule has 1 aromatic carbocycles. The number of benzene rings is 1. The first-order valence-corrected chi connectivity index (χ1v) is 9.89. The first-order chi connectivity index (χ1) is 12.9. The number of fused-ring (bicyclic) bond motifs is 1. The Balaban J connectivity index is 1.99. The summed E-state index contributed by atoms with van der Waals surface area (Å²) < 4.78 is 2.72. The monoisotopic (exact) mass is 437 g/mol. The number of aromatic nitrogens is 1. The van der Waals surface area contributed by atoms with E-state index in [-0.39, 0.29) is 6.42 Å². The van der Waals surface area contributed by atoms with Crippen LogP contribution in [0.1, 0.15) is 24.9 Å². The Hall–Kier alpha value is -1.90. The molecule has 0 bridgehead atoms. The van der Waals surface area contributed by atoms with Crippen molar-refractivity contribution in [3.8, 4) is 0 Å². The minimum atomic E-state index is -0.876. The van der Waals surface area contributed by atoms with Crippen molar-refractivity contribution in [2.45, 2.75) is 25.9 Å². The lowest BCUT2D eigenvalue weighted by Gasteiger charge is -2.37. The number of nitrogens with zero attached hydrogens (tertiary/aromatic N) is 3. The number of hydrogen-bond donors (Lipinski definition) is 2. The van der Waals surface area contributed by atoms with E-state index >= 15 is 0 Å². The zero-order chi connectivity index (χ0) is 19.6. The molecule has 0 saturated carbocycles. The third-order valence-corrected chi connectivity index (χ3v) is 5.68. The number of carboxylic acids is 2. The molecule has 0 aliphatic carbocycles. The summed E-state index contributed by atoms with van der Waals surface area (Å²) in [7, 11) is 0. The number of aliphatic carboxylic acids is 2. The summed E-state index contributed by atoms with van der Waals surface area (Å²) in [4.78, 5) is 27.5. The van der Waals surface area contributed by atoms with Crippen molar-refractivity contribution in [1.29, 1.82) is 0 Å². The lowest BCUT2D eigenvalue weighted by Crippen LogP contribution is -2.49. The first-order valence-electron chi connectivity index (χ1n) is 9.10. The summed E-state index contributed by atoms with van der Waals surface area (Å²) in [6, 6.07) is 4.97. The van der Waals surface area contributed by atoms with Crippen LogP contribution in [0.5, 0.6) is 0 Å². The highest BCUT2D eigenvalue weighted by atomic mass is 79.9. The molecule has 27 heavy (non-hydrogen) atoms. The van der Waals surface area contributed by atoms with Crippen molar-refractivity contribution in [2.75, 3.05) is 32.7 Å². The molecule has 0 amide bonds. The van der Waals surface area contributed by atoms with E-state index in [2.05, 4.69) is 27.8 Å². The van der Waals surface area contributed by atoms with Crippen LogP contribution in [-0.4, -0.2) is 69.2 Å². The van der Waals surface area contributed by atoms with Gasteiger partial charge in [0.2, 0.25) is 0 Å². The van der Waals surface area contributed by atoms with Gasteiger partial charge in [-0.15, -0.1) is 0 Å². The molecule has 1 atom stereocenters. The van der Waals surface area contributed by atoms with Crippen molar-refractivity contribution < 1.29 is 19.8 Å². The number of rotatable bonds is 7. The SMILES string of the molecule is CCN1CCN(C(C(=O)O)c2cn(CCC(=O)O)c3cc(Br)ccc23)CC1. The van der Waals surface area contributed by atoms with E-state index in [1.54, 1.807) is 0 Å². The van der Waals surface area contributed by atoms with Crippen LogP contribution < -0.4 is 0 Å². The van der Waals surface area contributed by atoms with Gasteiger partial charge in [0.25, 0.3) is 0 Å². The maximum Gasteiger partial charge on any atom is 0.325 e. The van der Waals surface area contributed by atoms with Gasteiger partial charge < -0.3 is 19.7 Å². The smallest absolute Gasteiger partial charge is 0.325 e. The second kappa shape index (κ2) is 8.41. The Kier molecular flexibility index (Phi) is 6.18. The van der Waals surface area contributed by atoms with Crippen molar-refractivity contribution in [3.05, 3.63) is 34.4 Å². The predicted octanol–water partition coefficient (Wildman–Crippen LogP) is 2.64. The Morgan fingerprint density at radius 1 is 1.19 bits per heavy atom. The Morgan fingerprint density at radius 3 is 2.48 bits per heavy atom. The fourth-order valence-corrected chi connectivity index (χ4v) is 4.09. The quantitative estimate of drug-likeness (QED) is 0.692. The molecule has 0 radical (unpaired) electrons. The highest BCUT2D eigenvalue weighted by Gasteiger charge is 2.32. The summed E-state index contributed by atoms with van der Waals surface area (Å²) in [6.45, 7) is 6.48. The maximum absolute atomic E-state index is 12.2. The number of hydrogen-bond acceptors (Lipinski definition) is 4. The maximum atomic E-state index is 12.2. The molecular weight excluding hydrogens is 414 g/mol. The summed E-state index contributed by atoms with van der Waals surface area (Å²) in [5.74, 6) is -1.75. The molecule has 1 saturated heterocycles. The van der Waals surface area contributed by atoms with Gasteiger partial charge in [-0.25, -0.2) is 0 Å². The standard InChI is InChI=1S/C19H24BrN3O4/c1-2-21-7-9-22(10-8-21)18(19(26)27)15-12-23(6-5-17(24)25)16-11-13(20)3-4-14(15)16/h3-4,11-12,18H,2,5-10H2,1H3,(H,24,25)(H,26,27). The van der Waals surface area contributed by atoms with Crippen LogP contribution in [0.3, 0.4) is 0 Å². The van der Waals surface area contributed by atoms with Gasteiger partial charge in [-0.05, 0) is 18.7 Å². The minimum Gasteiger partial charge on any atom is -0.481 e. The van der Waals surface area contributed by atoms with Crippen LogP contribution >= 0.6 is 15.9 Å². The van der Waals surface area contributed by atoms with E-state index in [1.807, 2.05) is 33.9 Å². The van der Waals surface area contributed by atoms with Crippen molar-refractivity contribution in [1.82, 2.24) is 14.4 Å². The second-order valence-corrected chi connectivity index (χ2v) is 7.71. The van der Waals surface area contributed by atoms with Gasteiger partial charge in [0, 0.05) is 59.9 Å². The van der Waals surface area contributed by atoms with E-state index in [0.717, 1.165) is 40.6 Å². The van der Waals surface area contributed by atoms with Gasteiger partial charge in [0.1, 0.15) is 6.04 Å². The summed E-state index contributed by atoms with van der Waals surface area (Å²) in [5, 5.41) is 19.9. The molecule has 1 fully saturated rings. The molecule has 2 aromatic rings. The first kappa shape index (κ1) is 19.9. The highest BCUT2D eigenvalue weighted by Crippen LogP contribution is 2.33. The van der Waals surface area contributed by atoms with E-state index in [1.165, 1.54) is 0 Å². The van der Waals surface area contributed by atoms with Gasteiger partial charge in [0.05, 0.1) is 6.42 Å². The lowest BCUT2D eigenvalue weighted by molar-refractivity contribution is -0.144. The number of aryl methyl sites for hydroxylation is 1. The zero-order valence-electron chi connectivity index (χ0n) is 15.3. The van der Waals surface area contributed by atoms with Crippen LogP contribution in [0.2, 0.25) is 0 Å². The highest BCUT2D eigenvalue weighted by molar-refractivity contribution is 9.10. The largest absolute Gasteiger partial charge is 0.481 e. The Bertz CT molecular complexity index is 843. The number of carbonyl (C=O) groups is 2. The topological polar surface area (TPSA) is 86.0 Å². The van der Waals surface area contributed by atoms with Gasteiger partial charge in [0.15, 0.2) is 0 Å². The molecule has 8 heteroatoms. The van der Waals surface area contributed by atoms with E-state index < -0.39 is 18.0 Å². The summed E-state index contributed by atoms with van der Waals surface area (Å²) in [6.07, 6.45) is 1.80. The Labute approximate surface area is 166 Å². The normalized spacial score (nSPS) is 17.3. The zero-order valence-corrected chi connectivity index (χ0v) is 16.9. The summed E-state index contributed by atoms with van der Waals surface area (Å²) in [5.41, 5.74) is 1.57. The fourth-order valence-electron chi connectivity index (χ4n) is 3.74. The molecule has 1 aliphatic heterocycles. The molecular formula is C19H24BrN3O4. The molecule has 7 nitrogen and oxygen atoms in total. The predicted molar refractivity (Wildman–Crippen MR) is 106 cm³/mol. The summed E-state index contributed by atoms with van der Waals surface area (Å²) >= 11 is 3.45. The molecule has 1 aliphatic rings. The average molecular weight is 438 g/mol. The van der Waals surface area contributed by atoms with Gasteiger partial charge in [-0.1, -0.05) is 28.9 Å². The molecule has 1 aromatic heterocycles. The van der Waals surface area contributed by atoms with Crippen LogP contribution in [0.25, 0.3) is 10.9 Å². The lowest BCUT2D eigenvalue weighted by atomic mass is 10.0. The van der Waals surface area contributed by atoms with E-state index in [0.29, 0.717) is 19.6 Å². The van der Waals surface area contributed by atoms with E-state index in [4.69, 9.17) is 5.11 Å². The molecule has 0 spiro atoms. The van der Waals surface area contributed by atoms with Crippen molar-refractivity contribution in [2.24, 2.45) is 0 Å². The number of carboxylic acid groups (broad SMARTS) is 2.